The summed E-state index contributed by atoms with van der Waals surface area (Å²) in [5, 5.41) is 15.0. The van der Waals surface area contributed by atoms with Gasteiger partial charge < -0.3 is 5.11 Å². The SMILES string of the molecule is OC[C@@H]1CN(Cc2cnn3c2CCC3)C[C@H]1c1ccc(Cl)cc1. The molecule has 1 fully saturated rings. The first kappa shape index (κ1) is 15.2. The summed E-state index contributed by atoms with van der Waals surface area (Å²) in [6, 6.07) is 8.07. The van der Waals surface area contributed by atoms with Gasteiger partial charge in [-0.15, -0.1) is 0 Å². The zero-order valence-electron chi connectivity index (χ0n) is 13.2. The third kappa shape index (κ3) is 2.91. The number of likely N-dealkylation sites (tertiary alicyclic amines) is 1. The molecule has 122 valence electrons. The average molecular weight is 332 g/mol. The molecule has 1 N–H and O–H groups in total. The highest BCUT2D eigenvalue weighted by molar-refractivity contribution is 6.30. The maximum atomic E-state index is 9.78. The summed E-state index contributed by atoms with van der Waals surface area (Å²) >= 11 is 6.00. The van der Waals surface area contributed by atoms with Crippen LogP contribution < -0.4 is 0 Å². The van der Waals surface area contributed by atoms with E-state index in [0.29, 0.717) is 11.8 Å². The molecule has 4 nitrogen and oxygen atoms in total. The number of aromatic nitrogens is 2. The van der Waals surface area contributed by atoms with Gasteiger partial charge in [-0.3, -0.25) is 9.58 Å². The van der Waals surface area contributed by atoms with Crippen molar-refractivity contribution in [1.29, 1.82) is 0 Å². The first-order chi connectivity index (χ1) is 11.2. The first-order valence-corrected chi connectivity index (χ1v) is 8.74. The van der Waals surface area contributed by atoms with Crippen LogP contribution in [0.3, 0.4) is 0 Å². The molecule has 2 aliphatic rings. The molecule has 1 aromatic heterocycles. The van der Waals surface area contributed by atoms with Crippen molar-refractivity contribution in [2.75, 3.05) is 19.7 Å². The number of rotatable bonds is 4. The van der Waals surface area contributed by atoms with Gasteiger partial charge >= 0.3 is 0 Å². The lowest BCUT2D eigenvalue weighted by Gasteiger charge is -2.16. The number of hydrogen-bond acceptors (Lipinski definition) is 3. The van der Waals surface area contributed by atoms with Gasteiger partial charge in [-0.25, -0.2) is 0 Å². The Morgan fingerprint density at radius 2 is 2.04 bits per heavy atom. The van der Waals surface area contributed by atoms with Gasteiger partial charge in [0.2, 0.25) is 0 Å². The van der Waals surface area contributed by atoms with Crippen molar-refractivity contribution in [3.8, 4) is 0 Å². The molecule has 4 rings (SSSR count). The van der Waals surface area contributed by atoms with Gasteiger partial charge in [-0.1, -0.05) is 23.7 Å². The second-order valence-electron chi connectivity index (χ2n) is 6.74. The Balaban J connectivity index is 1.50. The van der Waals surface area contributed by atoms with E-state index in [9.17, 15) is 5.11 Å². The highest BCUT2D eigenvalue weighted by Gasteiger charge is 2.34. The van der Waals surface area contributed by atoms with Gasteiger partial charge in [0.1, 0.15) is 0 Å². The van der Waals surface area contributed by atoms with E-state index in [-0.39, 0.29) is 6.61 Å². The van der Waals surface area contributed by atoms with Crippen LogP contribution >= 0.6 is 11.6 Å². The lowest BCUT2D eigenvalue weighted by Crippen LogP contribution is -2.21. The Morgan fingerprint density at radius 1 is 1.22 bits per heavy atom. The fraction of sp³-hybridized carbons (Fsp3) is 0.500. The molecule has 1 aromatic carbocycles. The Labute approximate surface area is 141 Å². The summed E-state index contributed by atoms with van der Waals surface area (Å²) in [4.78, 5) is 2.45. The fourth-order valence-electron chi connectivity index (χ4n) is 4.06. The number of halogens is 1. The molecule has 0 amide bonds. The van der Waals surface area contributed by atoms with Crippen molar-refractivity contribution in [2.45, 2.75) is 31.8 Å². The molecular weight excluding hydrogens is 310 g/mol. The predicted molar refractivity (Wildman–Crippen MR) is 90.6 cm³/mol. The van der Waals surface area contributed by atoms with Crippen molar-refractivity contribution in [3.63, 3.8) is 0 Å². The largest absolute Gasteiger partial charge is 0.396 e. The molecule has 0 saturated carbocycles. The third-order valence-electron chi connectivity index (χ3n) is 5.26. The Morgan fingerprint density at radius 3 is 2.83 bits per heavy atom. The van der Waals surface area contributed by atoms with Gasteiger partial charge in [0, 0.05) is 60.9 Å². The molecule has 0 bridgehead atoms. The van der Waals surface area contributed by atoms with Crippen molar-refractivity contribution in [2.24, 2.45) is 5.92 Å². The first-order valence-electron chi connectivity index (χ1n) is 8.37. The van der Waals surface area contributed by atoms with E-state index >= 15 is 0 Å². The van der Waals surface area contributed by atoms with E-state index in [1.807, 2.05) is 18.3 Å². The minimum Gasteiger partial charge on any atom is -0.396 e. The quantitative estimate of drug-likeness (QED) is 0.936. The molecule has 0 radical (unpaired) electrons. The third-order valence-corrected chi connectivity index (χ3v) is 5.51. The van der Waals surface area contributed by atoms with E-state index in [2.05, 4.69) is 26.8 Å². The standard InChI is InChI=1S/C18H22ClN3O/c19-16-5-3-13(4-6-16)17-11-21(10-15(17)12-23)9-14-8-20-22-7-1-2-18(14)22/h3-6,8,15,17,23H,1-2,7,9-12H2/t15-,17-/m0/s1. The number of nitrogens with zero attached hydrogens (tertiary/aromatic N) is 3. The topological polar surface area (TPSA) is 41.3 Å². The fourth-order valence-corrected chi connectivity index (χ4v) is 4.19. The van der Waals surface area contributed by atoms with Crippen LogP contribution in [0.25, 0.3) is 0 Å². The van der Waals surface area contributed by atoms with Crippen molar-refractivity contribution >= 4 is 11.6 Å². The van der Waals surface area contributed by atoms with E-state index in [1.165, 1.54) is 23.2 Å². The smallest absolute Gasteiger partial charge is 0.0537 e. The van der Waals surface area contributed by atoms with Crippen LogP contribution in [0.2, 0.25) is 5.02 Å². The number of aliphatic hydroxyl groups excluding tert-OH is 1. The molecule has 0 spiro atoms. The van der Waals surface area contributed by atoms with E-state index in [1.54, 1.807) is 0 Å². The molecule has 0 unspecified atom stereocenters. The molecule has 3 heterocycles. The molecule has 23 heavy (non-hydrogen) atoms. The molecule has 2 aromatic rings. The van der Waals surface area contributed by atoms with E-state index in [4.69, 9.17) is 11.6 Å². The van der Waals surface area contributed by atoms with Gasteiger partial charge in [-0.05, 0) is 30.5 Å². The number of aliphatic hydroxyl groups is 1. The Kier molecular flexibility index (Phi) is 4.14. The molecule has 2 atom stereocenters. The average Bonchev–Trinajstić information content (AvgIpc) is 3.25. The van der Waals surface area contributed by atoms with Gasteiger partial charge in [-0.2, -0.15) is 5.10 Å². The van der Waals surface area contributed by atoms with Crippen LogP contribution in [-0.2, 0) is 19.5 Å². The number of aryl methyl sites for hydroxylation is 1. The maximum Gasteiger partial charge on any atom is 0.0537 e. The van der Waals surface area contributed by atoms with Crippen molar-refractivity contribution in [3.05, 3.63) is 52.3 Å². The summed E-state index contributed by atoms with van der Waals surface area (Å²) < 4.78 is 2.14. The Bertz CT molecular complexity index is 682. The van der Waals surface area contributed by atoms with Gasteiger partial charge in [0.25, 0.3) is 0 Å². The number of hydrogen-bond donors (Lipinski definition) is 1. The summed E-state index contributed by atoms with van der Waals surface area (Å²) in [7, 11) is 0. The second kappa shape index (κ2) is 6.27. The van der Waals surface area contributed by atoms with Crippen LogP contribution in [0.1, 0.15) is 29.2 Å². The van der Waals surface area contributed by atoms with Crippen LogP contribution in [0, 0.1) is 5.92 Å². The molecule has 0 aliphatic carbocycles. The van der Waals surface area contributed by atoms with Crippen LogP contribution in [0.15, 0.2) is 30.5 Å². The summed E-state index contributed by atoms with van der Waals surface area (Å²) in [5.74, 6) is 0.667. The molecule has 5 heteroatoms. The summed E-state index contributed by atoms with van der Waals surface area (Å²) in [6.45, 7) is 4.15. The maximum absolute atomic E-state index is 9.78. The highest BCUT2D eigenvalue weighted by Crippen LogP contribution is 2.34. The van der Waals surface area contributed by atoms with Crippen LogP contribution in [-0.4, -0.2) is 39.5 Å². The minimum atomic E-state index is 0.232. The van der Waals surface area contributed by atoms with Crippen LogP contribution in [0.4, 0.5) is 0 Å². The molecule has 1 saturated heterocycles. The van der Waals surface area contributed by atoms with Gasteiger partial charge in [0.05, 0.1) is 6.20 Å². The van der Waals surface area contributed by atoms with Crippen molar-refractivity contribution in [1.82, 2.24) is 14.7 Å². The lowest BCUT2D eigenvalue weighted by molar-refractivity contribution is 0.214. The Hall–Kier alpha value is -1.36. The zero-order valence-corrected chi connectivity index (χ0v) is 13.9. The van der Waals surface area contributed by atoms with Crippen molar-refractivity contribution < 1.29 is 5.11 Å². The van der Waals surface area contributed by atoms with E-state index in [0.717, 1.165) is 37.6 Å². The predicted octanol–water partition coefficient (Wildman–Crippen LogP) is 2.69. The second-order valence-corrected chi connectivity index (χ2v) is 7.17. The lowest BCUT2D eigenvalue weighted by atomic mass is 9.90. The molecule has 2 aliphatic heterocycles. The summed E-state index contributed by atoms with van der Waals surface area (Å²) in [6.07, 6.45) is 4.38. The van der Waals surface area contributed by atoms with Gasteiger partial charge in [0.15, 0.2) is 0 Å². The minimum absolute atomic E-state index is 0.232. The highest BCUT2D eigenvalue weighted by atomic mass is 35.5. The number of fused-ring (bicyclic) bond motifs is 1. The number of benzene rings is 1. The van der Waals surface area contributed by atoms with Crippen LogP contribution in [0.5, 0.6) is 0 Å². The normalized spacial score (nSPS) is 24.3. The monoisotopic (exact) mass is 331 g/mol. The summed E-state index contributed by atoms with van der Waals surface area (Å²) in [5.41, 5.74) is 4.03. The zero-order chi connectivity index (χ0) is 15.8. The van der Waals surface area contributed by atoms with E-state index < -0.39 is 0 Å². The molecular formula is C18H22ClN3O.